The van der Waals surface area contributed by atoms with Gasteiger partial charge in [0.1, 0.15) is 23.6 Å². The van der Waals surface area contributed by atoms with Crippen molar-refractivity contribution in [2.45, 2.75) is 31.9 Å². The largest absolute Gasteiger partial charge is 0.383 e. The summed E-state index contributed by atoms with van der Waals surface area (Å²) in [5.74, 6) is -0.741. The molecule has 0 radical (unpaired) electrons. The topological polar surface area (TPSA) is 43.0 Å². The lowest BCUT2D eigenvalue weighted by molar-refractivity contribution is -0.0443. The molecule has 1 aliphatic carbocycles. The fourth-order valence-corrected chi connectivity index (χ4v) is 4.95. The van der Waals surface area contributed by atoms with Crippen LogP contribution < -0.4 is 0 Å². The van der Waals surface area contributed by atoms with Crippen LogP contribution in [0.3, 0.4) is 0 Å². The average Bonchev–Trinajstić information content (AvgIpc) is 3.63. The fourth-order valence-electron chi connectivity index (χ4n) is 4.68. The zero-order chi connectivity index (χ0) is 23.9. The Morgan fingerprint density at radius 1 is 1.03 bits per heavy atom. The number of hydrogen-bond donors (Lipinski definition) is 1. The van der Waals surface area contributed by atoms with Crippen LogP contribution >= 0.6 is 12.2 Å². The van der Waals surface area contributed by atoms with Gasteiger partial charge in [-0.15, -0.1) is 0 Å². The molecule has 2 atom stereocenters. The van der Waals surface area contributed by atoms with Crippen molar-refractivity contribution in [3.63, 3.8) is 0 Å². The molecule has 1 saturated carbocycles. The predicted molar refractivity (Wildman–Crippen MR) is 130 cm³/mol. The lowest BCUT2D eigenvalue weighted by Crippen LogP contribution is -2.40. The molecule has 1 heterocycles. The number of halogens is 2. The molecule has 1 aromatic heterocycles. The third-order valence-corrected chi connectivity index (χ3v) is 7.23. The first-order valence-corrected chi connectivity index (χ1v) is 11.8. The molecule has 7 heteroatoms. The van der Waals surface area contributed by atoms with Crippen molar-refractivity contribution in [1.82, 2.24) is 14.3 Å². The van der Waals surface area contributed by atoms with E-state index in [0.29, 0.717) is 27.4 Å². The van der Waals surface area contributed by atoms with E-state index in [2.05, 4.69) is 5.10 Å². The second-order valence-electron chi connectivity index (χ2n) is 9.03. The molecule has 5 rings (SSSR count). The minimum Gasteiger partial charge on any atom is -0.383 e. The third-order valence-electron chi connectivity index (χ3n) is 6.82. The summed E-state index contributed by atoms with van der Waals surface area (Å²) in [5, 5.41) is 16.7. The molecule has 0 spiro atoms. The minimum absolute atomic E-state index is 0.0507. The van der Waals surface area contributed by atoms with Gasteiger partial charge in [-0.1, -0.05) is 43.3 Å². The average molecular weight is 478 g/mol. The maximum Gasteiger partial charge on any atom is 0.202 e. The molecule has 4 nitrogen and oxygen atoms in total. The van der Waals surface area contributed by atoms with Crippen LogP contribution in [0.15, 0.2) is 79.1 Å². The maximum atomic E-state index is 14.6. The summed E-state index contributed by atoms with van der Waals surface area (Å²) in [5.41, 5.74) is 0.969. The Hall–Kier alpha value is -3.16. The Morgan fingerprint density at radius 3 is 2.47 bits per heavy atom. The molecule has 2 unspecified atom stereocenters. The van der Waals surface area contributed by atoms with Gasteiger partial charge in [0.2, 0.25) is 4.77 Å². The fraction of sp³-hybridized carbons (Fsp3) is 0.259. The number of hydrogen-bond acceptors (Lipinski definition) is 3. The first-order chi connectivity index (χ1) is 16.4. The van der Waals surface area contributed by atoms with Gasteiger partial charge in [0.15, 0.2) is 0 Å². The second-order valence-corrected chi connectivity index (χ2v) is 9.39. The Morgan fingerprint density at radius 2 is 1.76 bits per heavy atom. The Labute approximate surface area is 202 Å². The molecule has 4 aromatic rings. The SMILES string of the molecule is CC(C1CC1)C(O)(Cn1ncn(-c2ccccc2)c1=S)c1cc(F)ccc1-c1cccc(F)c1. The zero-order valence-electron chi connectivity index (χ0n) is 18.7. The number of nitrogens with zero attached hydrogens (tertiary/aromatic N) is 3. The van der Waals surface area contributed by atoms with Crippen molar-refractivity contribution in [2.24, 2.45) is 11.8 Å². The molecule has 174 valence electrons. The first-order valence-electron chi connectivity index (χ1n) is 11.3. The number of para-hydroxylation sites is 1. The predicted octanol–water partition coefficient (Wildman–Crippen LogP) is 6.28. The van der Waals surface area contributed by atoms with Crippen LogP contribution in [-0.2, 0) is 12.1 Å². The molecule has 1 N–H and O–H groups in total. The summed E-state index contributed by atoms with van der Waals surface area (Å²) in [6.07, 6.45) is 3.62. The van der Waals surface area contributed by atoms with E-state index in [-0.39, 0.29) is 12.5 Å². The summed E-state index contributed by atoms with van der Waals surface area (Å²) in [6, 6.07) is 20.0. The van der Waals surface area contributed by atoms with Gasteiger partial charge in [-0.25, -0.2) is 13.5 Å². The summed E-state index contributed by atoms with van der Waals surface area (Å²) in [7, 11) is 0. The zero-order valence-corrected chi connectivity index (χ0v) is 19.6. The molecule has 0 bridgehead atoms. The Bertz CT molecular complexity index is 1380. The van der Waals surface area contributed by atoms with Crippen LogP contribution in [0.5, 0.6) is 0 Å². The normalized spacial score (nSPS) is 16.2. The third kappa shape index (κ3) is 4.21. The molecule has 1 fully saturated rings. The first kappa shape index (κ1) is 22.6. The van der Waals surface area contributed by atoms with Crippen molar-refractivity contribution < 1.29 is 13.9 Å². The van der Waals surface area contributed by atoms with Gasteiger partial charge in [-0.3, -0.25) is 4.57 Å². The maximum absolute atomic E-state index is 14.6. The molecule has 0 saturated heterocycles. The molecule has 3 aromatic carbocycles. The van der Waals surface area contributed by atoms with Crippen molar-refractivity contribution >= 4 is 12.2 Å². The summed E-state index contributed by atoms with van der Waals surface area (Å²) in [6.45, 7) is 2.03. The Kier molecular flexibility index (Phi) is 5.91. The van der Waals surface area contributed by atoms with Gasteiger partial charge >= 0.3 is 0 Å². The Balaban J connectivity index is 1.63. The van der Waals surface area contributed by atoms with E-state index in [4.69, 9.17) is 12.2 Å². The van der Waals surface area contributed by atoms with Crippen LogP contribution in [0.4, 0.5) is 8.78 Å². The minimum atomic E-state index is -1.47. The highest BCUT2D eigenvalue weighted by Crippen LogP contribution is 2.48. The van der Waals surface area contributed by atoms with Crippen molar-refractivity contribution in [1.29, 1.82) is 0 Å². The number of benzene rings is 3. The van der Waals surface area contributed by atoms with Crippen LogP contribution in [0.1, 0.15) is 25.3 Å². The van der Waals surface area contributed by atoms with E-state index in [0.717, 1.165) is 18.5 Å². The van der Waals surface area contributed by atoms with E-state index < -0.39 is 17.2 Å². The quantitative estimate of drug-likeness (QED) is 0.319. The van der Waals surface area contributed by atoms with E-state index in [9.17, 15) is 13.9 Å². The number of rotatable bonds is 7. The highest BCUT2D eigenvalue weighted by Gasteiger charge is 2.46. The van der Waals surface area contributed by atoms with E-state index in [1.807, 2.05) is 37.3 Å². The van der Waals surface area contributed by atoms with Crippen LogP contribution in [-0.4, -0.2) is 19.5 Å². The number of aromatic nitrogens is 3. The van der Waals surface area contributed by atoms with Gasteiger partial charge in [-0.05, 0) is 90.0 Å². The van der Waals surface area contributed by atoms with Crippen LogP contribution in [0.2, 0.25) is 0 Å². The van der Waals surface area contributed by atoms with Gasteiger partial charge in [-0.2, -0.15) is 5.10 Å². The molecule has 1 aliphatic rings. The number of aliphatic hydroxyl groups is 1. The monoisotopic (exact) mass is 477 g/mol. The smallest absolute Gasteiger partial charge is 0.202 e. The lowest BCUT2D eigenvalue weighted by Gasteiger charge is -2.36. The molecule has 34 heavy (non-hydrogen) atoms. The van der Waals surface area contributed by atoms with Gasteiger partial charge in [0.05, 0.1) is 6.54 Å². The highest BCUT2D eigenvalue weighted by molar-refractivity contribution is 7.71. The van der Waals surface area contributed by atoms with Crippen LogP contribution in [0, 0.1) is 28.2 Å². The van der Waals surface area contributed by atoms with E-state index in [1.54, 1.807) is 33.8 Å². The molecular formula is C27H25F2N3OS. The lowest BCUT2D eigenvalue weighted by atomic mass is 9.76. The highest BCUT2D eigenvalue weighted by atomic mass is 32.1. The van der Waals surface area contributed by atoms with E-state index >= 15 is 0 Å². The van der Waals surface area contributed by atoms with Crippen molar-refractivity contribution in [3.05, 3.63) is 101 Å². The molecular weight excluding hydrogens is 452 g/mol. The summed E-state index contributed by atoms with van der Waals surface area (Å²) in [4.78, 5) is 0. The summed E-state index contributed by atoms with van der Waals surface area (Å²) < 4.78 is 32.4. The second kappa shape index (κ2) is 8.89. The summed E-state index contributed by atoms with van der Waals surface area (Å²) >= 11 is 5.69. The molecule has 0 aliphatic heterocycles. The van der Waals surface area contributed by atoms with Crippen molar-refractivity contribution in [2.75, 3.05) is 0 Å². The van der Waals surface area contributed by atoms with Gasteiger partial charge < -0.3 is 5.11 Å². The standard InChI is InChI=1S/C27H25F2N3OS/c1-18(19-10-11-19)27(33,16-32-26(34)31(17-30-32)23-8-3-2-4-9-23)25-15-22(29)12-13-24(25)20-6-5-7-21(28)14-20/h2-9,12-15,17-19,33H,10-11,16H2,1H3. The van der Waals surface area contributed by atoms with Gasteiger partial charge in [0.25, 0.3) is 0 Å². The van der Waals surface area contributed by atoms with Crippen molar-refractivity contribution in [3.8, 4) is 16.8 Å². The van der Waals surface area contributed by atoms with Gasteiger partial charge in [0, 0.05) is 5.69 Å². The van der Waals surface area contributed by atoms with Crippen LogP contribution in [0.25, 0.3) is 16.8 Å². The molecule has 0 amide bonds. The van der Waals surface area contributed by atoms with E-state index in [1.165, 1.54) is 24.3 Å².